The zero-order valence-electron chi connectivity index (χ0n) is 11.0. The van der Waals surface area contributed by atoms with Crippen molar-refractivity contribution >= 4 is 11.6 Å². The Labute approximate surface area is 118 Å². The fraction of sp³-hybridized carbons (Fsp3) is 0.625. The highest BCUT2D eigenvalue weighted by molar-refractivity contribution is 6.31. The molecule has 1 N–H and O–H groups in total. The first kappa shape index (κ1) is 13.4. The summed E-state index contributed by atoms with van der Waals surface area (Å²) in [4.78, 5) is 0. The Kier molecular flexibility index (Phi) is 3.57. The van der Waals surface area contributed by atoms with E-state index in [9.17, 15) is 9.50 Å². The first-order chi connectivity index (χ1) is 9.07. The number of aliphatic hydroxyl groups is 1. The normalized spacial score (nSPS) is 31.4. The van der Waals surface area contributed by atoms with Crippen molar-refractivity contribution in [3.05, 3.63) is 34.6 Å². The van der Waals surface area contributed by atoms with Gasteiger partial charge in [-0.15, -0.1) is 0 Å². The van der Waals surface area contributed by atoms with Crippen LogP contribution in [0.3, 0.4) is 0 Å². The van der Waals surface area contributed by atoms with Gasteiger partial charge in [-0.25, -0.2) is 4.39 Å². The monoisotopic (exact) mass is 282 g/mol. The van der Waals surface area contributed by atoms with Gasteiger partial charge in [0.2, 0.25) is 0 Å². The van der Waals surface area contributed by atoms with Crippen molar-refractivity contribution in [3.8, 4) is 0 Å². The molecule has 2 fully saturated rings. The van der Waals surface area contributed by atoms with Gasteiger partial charge >= 0.3 is 0 Å². The van der Waals surface area contributed by atoms with Crippen LogP contribution in [0, 0.1) is 17.7 Å². The van der Waals surface area contributed by atoms with E-state index in [1.807, 2.05) is 6.07 Å². The van der Waals surface area contributed by atoms with Crippen molar-refractivity contribution in [1.29, 1.82) is 0 Å². The molecule has 1 aromatic carbocycles. The van der Waals surface area contributed by atoms with E-state index < -0.39 is 11.4 Å². The van der Waals surface area contributed by atoms with Gasteiger partial charge in [0.05, 0.1) is 10.6 Å². The van der Waals surface area contributed by atoms with Crippen molar-refractivity contribution < 1.29 is 9.50 Å². The Morgan fingerprint density at radius 2 is 2.05 bits per heavy atom. The molecule has 2 atom stereocenters. The van der Waals surface area contributed by atoms with Crippen LogP contribution in [0.1, 0.15) is 44.1 Å². The van der Waals surface area contributed by atoms with Crippen LogP contribution in [0.2, 0.25) is 5.02 Å². The lowest BCUT2D eigenvalue weighted by Crippen LogP contribution is -2.38. The maximum absolute atomic E-state index is 13.5. The average molecular weight is 283 g/mol. The average Bonchev–Trinajstić information content (AvgIpc) is 3.19. The van der Waals surface area contributed by atoms with Gasteiger partial charge in [0.1, 0.15) is 5.82 Å². The standard InChI is InChI=1S/C16H20ClFO/c17-15-13(3-1-5-14(15)18)10-16(19)8-2-4-12(9-16)11-6-7-11/h1,3,5,11-12,19H,2,4,6-10H2. The lowest BCUT2D eigenvalue weighted by atomic mass is 9.73. The second kappa shape index (κ2) is 5.06. The molecule has 0 saturated heterocycles. The largest absolute Gasteiger partial charge is 0.390 e. The third-order valence-electron chi connectivity index (χ3n) is 4.70. The molecule has 19 heavy (non-hydrogen) atoms. The van der Waals surface area contributed by atoms with E-state index in [0.29, 0.717) is 12.3 Å². The van der Waals surface area contributed by atoms with Crippen LogP contribution >= 0.6 is 11.6 Å². The smallest absolute Gasteiger partial charge is 0.142 e. The molecule has 3 heteroatoms. The molecule has 3 rings (SSSR count). The fourth-order valence-electron chi connectivity index (χ4n) is 3.56. The molecule has 1 aromatic rings. The summed E-state index contributed by atoms with van der Waals surface area (Å²) >= 11 is 6.00. The van der Waals surface area contributed by atoms with Crippen LogP contribution in [-0.2, 0) is 6.42 Å². The van der Waals surface area contributed by atoms with E-state index in [1.54, 1.807) is 6.07 Å². The summed E-state index contributed by atoms with van der Waals surface area (Å²) in [5.41, 5.74) is 0.0452. The number of halogens is 2. The van der Waals surface area contributed by atoms with Gasteiger partial charge in [-0.1, -0.05) is 30.2 Å². The van der Waals surface area contributed by atoms with Crippen LogP contribution in [0.15, 0.2) is 18.2 Å². The van der Waals surface area contributed by atoms with Crippen molar-refractivity contribution in [2.45, 2.75) is 50.5 Å². The highest BCUT2D eigenvalue weighted by Crippen LogP contribution is 2.47. The summed E-state index contributed by atoms with van der Waals surface area (Å²) in [5.74, 6) is 1.10. The van der Waals surface area contributed by atoms with E-state index in [-0.39, 0.29) is 5.02 Å². The van der Waals surface area contributed by atoms with Gasteiger partial charge in [-0.2, -0.15) is 0 Å². The van der Waals surface area contributed by atoms with Crippen LogP contribution in [0.4, 0.5) is 4.39 Å². The summed E-state index contributed by atoms with van der Waals surface area (Å²) < 4.78 is 13.5. The molecule has 0 aromatic heterocycles. The van der Waals surface area contributed by atoms with Crippen LogP contribution in [0.5, 0.6) is 0 Å². The lowest BCUT2D eigenvalue weighted by Gasteiger charge is -2.37. The van der Waals surface area contributed by atoms with Crippen LogP contribution in [0.25, 0.3) is 0 Å². The highest BCUT2D eigenvalue weighted by atomic mass is 35.5. The van der Waals surface area contributed by atoms with Gasteiger partial charge < -0.3 is 5.11 Å². The summed E-state index contributed by atoms with van der Waals surface area (Å²) in [5, 5.41) is 11.0. The van der Waals surface area contributed by atoms with Gasteiger partial charge in [0.15, 0.2) is 0 Å². The SMILES string of the molecule is OC1(Cc2cccc(F)c2Cl)CCCC(C2CC2)C1. The molecule has 0 bridgehead atoms. The molecule has 0 amide bonds. The molecule has 2 aliphatic carbocycles. The van der Waals surface area contributed by atoms with Crippen molar-refractivity contribution in [1.82, 2.24) is 0 Å². The predicted molar refractivity (Wildman–Crippen MR) is 74.7 cm³/mol. The van der Waals surface area contributed by atoms with Crippen molar-refractivity contribution in [2.75, 3.05) is 0 Å². The Morgan fingerprint density at radius 3 is 2.79 bits per heavy atom. The number of rotatable bonds is 3. The third kappa shape index (κ3) is 2.95. The van der Waals surface area contributed by atoms with Crippen molar-refractivity contribution in [2.24, 2.45) is 11.8 Å². The molecule has 0 aliphatic heterocycles. The fourth-order valence-corrected chi connectivity index (χ4v) is 3.75. The summed E-state index contributed by atoms with van der Waals surface area (Å²) in [6.45, 7) is 0. The van der Waals surface area contributed by atoms with Crippen LogP contribution < -0.4 is 0 Å². The van der Waals surface area contributed by atoms with E-state index in [2.05, 4.69) is 0 Å². The van der Waals surface area contributed by atoms with E-state index in [1.165, 1.54) is 25.3 Å². The minimum atomic E-state index is -0.692. The molecule has 0 spiro atoms. The molecular weight excluding hydrogens is 263 g/mol. The summed E-state index contributed by atoms with van der Waals surface area (Å²) in [6.07, 6.45) is 7.10. The molecule has 0 radical (unpaired) electrons. The molecular formula is C16H20ClFO. The zero-order chi connectivity index (χ0) is 13.5. The third-order valence-corrected chi connectivity index (χ3v) is 5.12. The Balaban J connectivity index is 1.75. The van der Waals surface area contributed by atoms with Crippen LogP contribution in [-0.4, -0.2) is 10.7 Å². The maximum Gasteiger partial charge on any atom is 0.142 e. The maximum atomic E-state index is 13.5. The first-order valence-corrected chi connectivity index (χ1v) is 7.60. The molecule has 2 unspecified atom stereocenters. The Hall–Kier alpha value is -0.600. The van der Waals surface area contributed by atoms with E-state index in [4.69, 9.17) is 11.6 Å². The second-order valence-corrected chi connectivity index (χ2v) is 6.69. The second-order valence-electron chi connectivity index (χ2n) is 6.31. The molecule has 104 valence electrons. The van der Waals surface area contributed by atoms with Gasteiger partial charge in [0, 0.05) is 6.42 Å². The predicted octanol–water partition coefficient (Wildman–Crippen LogP) is 4.35. The molecule has 2 saturated carbocycles. The minimum Gasteiger partial charge on any atom is -0.390 e. The minimum absolute atomic E-state index is 0.171. The quantitative estimate of drug-likeness (QED) is 0.874. The molecule has 0 heterocycles. The number of hydrogen-bond donors (Lipinski definition) is 1. The first-order valence-electron chi connectivity index (χ1n) is 7.23. The Morgan fingerprint density at radius 1 is 1.26 bits per heavy atom. The van der Waals surface area contributed by atoms with Gasteiger partial charge in [-0.05, 0) is 55.6 Å². The van der Waals surface area contributed by atoms with Crippen molar-refractivity contribution in [3.63, 3.8) is 0 Å². The van der Waals surface area contributed by atoms with E-state index >= 15 is 0 Å². The topological polar surface area (TPSA) is 20.2 Å². The Bertz CT molecular complexity index is 472. The lowest BCUT2D eigenvalue weighted by molar-refractivity contribution is -0.0195. The van der Waals surface area contributed by atoms with Gasteiger partial charge in [0.25, 0.3) is 0 Å². The molecule has 2 aliphatic rings. The summed E-state index contributed by atoms with van der Waals surface area (Å²) in [6, 6.07) is 4.86. The highest BCUT2D eigenvalue weighted by Gasteiger charge is 2.41. The number of hydrogen-bond acceptors (Lipinski definition) is 1. The van der Waals surface area contributed by atoms with E-state index in [0.717, 1.165) is 30.7 Å². The molecule has 1 nitrogen and oxygen atoms in total. The van der Waals surface area contributed by atoms with Gasteiger partial charge in [-0.3, -0.25) is 0 Å². The number of benzene rings is 1. The summed E-state index contributed by atoms with van der Waals surface area (Å²) in [7, 11) is 0. The zero-order valence-corrected chi connectivity index (χ0v) is 11.8.